The van der Waals surface area contributed by atoms with E-state index in [1.807, 2.05) is 0 Å². The molecule has 2 N–H and O–H groups in total. The van der Waals surface area contributed by atoms with Crippen LogP contribution in [0.4, 0.5) is 8.78 Å². The second-order valence-corrected chi connectivity index (χ2v) is 7.55. The van der Waals surface area contributed by atoms with Crippen LogP contribution in [0.3, 0.4) is 0 Å². The van der Waals surface area contributed by atoms with Crippen LogP contribution in [-0.4, -0.2) is 45.1 Å². The van der Waals surface area contributed by atoms with Gasteiger partial charge in [-0.1, -0.05) is 0 Å². The molecule has 8 heteroatoms. The SMILES string of the molecule is Cc1cc(S(=O)(=O)N2CCC(OCCCN)CC2)c(F)cc1F. The standard InChI is InChI=1S/C15H22F2N2O3S/c1-11-9-15(14(17)10-13(11)16)23(20,21)19-6-3-12(4-7-19)22-8-2-5-18/h9-10,12H,2-8,18H2,1H3. The molecule has 0 saturated carbocycles. The van der Waals surface area contributed by atoms with Gasteiger partial charge in [0.1, 0.15) is 16.5 Å². The molecule has 2 rings (SSSR count). The first-order valence-electron chi connectivity index (χ1n) is 7.63. The molecule has 1 saturated heterocycles. The topological polar surface area (TPSA) is 72.6 Å². The van der Waals surface area contributed by atoms with E-state index in [0.29, 0.717) is 32.1 Å². The molecule has 1 aliphatic heterocycles. The predicted molar refractivity (Wildman–Crippen MR) is 82.5 cm³/mol. The number of rotatable bonds is 6. The lowest BCUT2D eigenvalue weighted by atomic mass is 10.1. The summed E-state index contributed by atoms with van der Waals surface area (Å²) in [4.78, 5) is -0.473. The van der Waals surface area contributed by atoms with Gasteiger partial charge in [0.15, 0.2) is 0 Å². The number of aryl methyl sites for hydroxylation is 1. The zero-order valence-corrected chi connectivity index (χ0v) is 13.9. The van der Waals surface area contributed by atoms with Gasteiger partial charge in [0.2, 0.25) is 10.0 Å². The fourth-order valence-electron chi connectivity index (χ4n) is 2.54. The van der Waals surface area contributed by atoms with Crippen molar-refractivity contribution >= 4 is 10.0 Å². The number of halogens is 2. The third kappa shape index (κ3) is 4.26. The zero-order chi connectivity index (χ0) is 17.0. The molecule has 23 heavy (non-hydrogen) atoms. The second kappa shape index (κ2) is 7.65. The van der Waals surface area contributed by atoms with Crippen molar-refractivity contribution in [2.45, 2.75) is 37.2 Å². The van der Waals surface area contributed by atoms with Gasteiger partial charge in [0, 0.05) is 25.8 Å². The van der Waals surface area contributed by atoms with Gasteiger partial charge in [0.05, 0.1) is 6.10 Å². The molecular weight excluding hydrogens is 326 g/mol. The summed E-state index contributed by atoms with van der Waals surface area (Å²) in [6, 6.07) is 1.66. The molecule has 0 unspecified atom stereocenters. The van der Waals surface area contributed by atoms with Gasteiger partial charge in [-0.3, -0.25) is 0 Å². The van der Waals surface area contributed by atoms with Crippen molar-refractivity contribution in [1.29, 1.82) is 0 Å². The molecular formula is C15H22F2N2O3S. The normalized spacial score (nSPS) is 17.6. The molecule has 1 aromatic rings. The first-order chi connectivity index (χ1) is 10.9. The average molecular weight is 348 g/mol. The fourth-order valence-corrected chi connectivity index (χ4v) is 4.14. The molecule has 5 nitrogen and oxygen atoms in total. The van der Waals surface area contributed by atoms with Gasteiger partial charge in [-0.15, -0.1) is 0 Å². The summed E-state index contributed by atoms with van der Waals surface area (Å²) in [5.41, 5.74) is 5.50. The van der Waals surface area contributed by atoms with Gasteiger partial charge in [-0.05, 0) is 44.4 Å². The second-order valence-electron chi connectivity index (χ2n) is 5.65. The van der Waals surface area contributed by atoms with E-state index in [-0.39, 0.29) is 24.8 Å². The number of nitrogens with zero attached hydrogens (tertiary/aromatic N) is 1. The molecule has 130 valence electrons. The van der Waals surface area contributed by atoms with Crippen LogP contribution in [0.2, 0.25) is 0 Å². The lowest BCUT2D eigenvalue weighted by Gasteiger charge is -2.31. The summed E-state index contributed by atoms with van der Waals surface area (Å²) in [5.74, 6) is -1.82. The van der Waals surface area contributed by atoms with Gasteiger partial charge in [-0.25, -0.2) is 17.2 Å². The molecule has 0 atom stereocenters. The maximum Gasteiger partial charge on any atom is 0.245 e. The summed E-state index contributed by atoms with van der Waals surface area (Å²) in [6.45, 7) is 3.03. The van der Waals surface area contributed by atoms with Gasteiger partial charge in [0.25, 0.3) is 0 Å². The van der Waals surface area contributed by atoms with Crippen LogP contribution in [0.1, 0.15) is 24.8 Å². The Balaban J connectivity index is 2.06. The van der Waals surface area contributed by atoms with E-state index in [1.54, 1.807) is 0 Å². The maximum absolute atomic E-state index is 13.9. The number of ether oxygens (including phenoxy) is 1. The quantitative estimate of drug-likeness (QED) is 0.796. The lowest BCUT2D eigenvalue weighted by Crippen LogP contribution is -2.41. The van der Waals surface area contributed by atoms with E-state index in [4.69, 9.17) is 10.5 Å². The predicted octanol–water partition coefficient (Wildman–Crippen LogP) is 1.79. The lowest BCUT2D eigenvalue weighted by molar-refractivity contribution is 0.0208. The summed E-state index contributed by atoms with van der Waals surface area (Å²) < 4.78 is 59.1. The molecule has 0 spiro atoms. The van der Waals surface area contributed by atoms with E-state index in [1.165, 1.54) is 11.2 Å². The average Bonchev–Trinajstić information content (AvgIpc) is 2.51. The molecule has 0 aromatic heterocycles. The minimum atomic E-state index is -3.96. The van der Waals surface area contributed by atoms with E-state index in [9.17, 15) is 17.2 Å². The van der Waals surface area contributed by atoms with Crippen molar-refractivity contribution in [3.8, 4) is 0 Å². The Labute approximate surface area is 135 Å². The van der Waals surface area contributed by atoms with E-state index >= 15 is 0 Å². The maximum atomic E-state index is 13.9. The third-order valence-electron chi connectivity index (χ3n) is 3.93. The number of hydrogen-bond donors (Lipinski definition) is 1. The van der Waals surface area contributed by atoms with Gasteiger partial charge < -0.3 is 10.5 Å². The van der Waals surface area contributed by atoms with Crippen LogP contribution >= 0.6 is 0 Å². The number of hydrogen-bond acceptors (Lipinski definition) is 4. The highest BCUT2D eigenvalue weighted by Gasteiger charge is 2.32. The molecule has 0 aliphatic carbocycles. The Morgan fingerprint density at radius 1 is 1.26 bits per heavy atom. The van der Waals surface area contributed by atoms with Crippen LogP contribution in [0.5, 0.6) is 0 Å². The molecule has 0 amide bonds. The van der Waals surface area contributed by atoms with Crippen molar-refractivity contribution in [3.05, 3.63) is 29.3 Å². The van der Waals surface area contributed by atoms with Gasteiger partial charge in [-0.2, -0.15) is 4.31 Å². The smallest absolute Gasteiger partial charge is 0.245 e. The zero-order valence-electron chi connectivity index (χ0n) is 13.1. The molecule has 0 bridgehead atoms. The van der Waals surface area contributed by atoms with Crippen LogP contribution in [0, 0.1) is 18.6 Å². The third-order valence-corrected chi connectivity index (χ3v) is 5.85. The molecule has 1 aromatic carbocycles. The van der Waals surface area contributed by atoms with Gasteiger partial charge >= 0.3 is 0 Å². The summed E-state index contributed by atoms with van der Waals surface area (Å²) >= 11 is 0. The molecule has 1 aliphatic rings. The van der Waals surface area contributed by atoms with E-state index in [2.05, 4.69) is 0 Å². The Bertz CT molecular complexity index is 644. The van der Waals surface area contributed by atoms with Crippen molar-refractivity contribution in [2.24, 2.45) is 5.73 Å². The highest BCUT2D eigenvalue weighted by atomic mass is 32.2. The summed E-state index contributed by atoms with van der Waals surface area (Å²) in [7, 11) is -3.96. The molecule has 1 fully saturated rings. The van der Waals surface area contributed by atoms with Crippen LogP contribution in [0.25, 0.3) is 0 Å². The van der Waals surface area contributed by atoms with Crippen LogP contribution < -0.4 is 5.73 Å². The number of nitrogens with two attached hydrogens (primary N) is 1. The van der Waals surface area contributed by atoms with Crippen molar-refractivity contribution in [3.63, 3.8) is 0 Å². The van der Waals surface area contributed by atoms with Crippen molar-refractivity contribution in [2.75, 3.05) is 26.2 Å². The van der Waals surface area contributed by atoms with E-state index < -0.39 is 26.6 Å². The minimum absolute atomic E-state index is 0.00667. The molecule has 1 heterocycles. The number of benzene rings is 1. The Hall–Kier alpha value is -1.09. The summed E-state index contributed by atoms with van der Waals surface area (Å²) in [6.07, 6.45) is 1.85. The van der Waals surface area contributed by atoms with Crippen LogP contribution in [-0.2, 0) is 14.8 Å². The first-order valence-corrected chi connectivity index (χ1v) is 9.07. The minimum Gasteiger partial charge on any atom is -0.378 e. The van der Waals surface area contributed by atoms with Crippen molar-refractivity contribution in [1.82, 2.24) is 4.31 Å². The van der Waals surface area contributed by atoms with E-state index in [0.717, 1.165) is 12.5 Å². The van der Waals surface area contributed by atoms with Crippen LogP contribution in [0.15, 0.2) is 17.0 Å². The Morgan fingerprint density at radius 3 is 2.52 bits per heavy atom. The monoisotopic (exact) mass is 348 g/mol. The number of piperidine rings is 1. The molecule has 0 radical (unpaired) electrons. The first kappa shape index (κ1) is 18.3. The fraction of sp³-hybridized carbons (Fsp3) is 0.600. The largest absolute Gasteiger partial charge is 0.378 e. The highest BCUT2D eigenvalue weighted by molar-refractivity contribution is 7.89. The van der Waals surface area contributed by atoms with Crippen molar-refractivity contribution < 1.29 is 21.9 Å². The number of sulfonamides is 1. The Kier molecular flexibility index (Phi) is 6.07. The highest BCUT2D eigenvalue weighted by Crippen LogP contribution is 2.25. The summed E-state index contributed by atoms with van der Waals surface area (Å²) in [5, 5.41) is 0. The Morgan fingerprint density at radius 2 is 1.91 bits per heavy atom.